The minimum absolute atomic E-state index is 0.0345. The van der Waals surface area contributed by atoms with E-state index in [4.69, 9.17) is 80.5 Å². The van der Waals surface area contributed by atoms with Crippen molar-refractivity contribution in [1.82, 2.24) is 0 Å². The van der Waals surface area contributed by atoms with Gasteiger partial charge in [0.05, 0.1) is 69.0 Å². The summed E-state index contributed by atoms with van der Waals surface area (Å²) in [6.07, 6.45) is -60.4. The molecule has 8 heterocycles. The van der Waals surface area contributed by atoms with Crippen molar-refractivity contribution in [3.63, 3.8) is 0 Å². The number of carbonyl (C=O) groups is 4. The Bertz CT molecular complexity index is 3920. The van der Waals surface area contributed by atoms with Crippen LogP contribution in [0.2, 0.25) is 0 Å². The summed E-state index contributed by atoms with van der Waals surface area (Å²) in [5.41, 5.74) is -3.81. The van der Waals surface area contributed by atoms with Gasteiger partial charge in [-0.15, -0.1) is 0 Å². The number of hydrogen-bond donors (Lipinski definition) is 22. The van der Waals surface area contributed by atoms with Crippen molar-refractivity contribution in [3.8, 4) is 0 Å². The zero-order valence-corrected chi connectivity index (χ0v) is 78.6. The van der Waals surface area contributed by atoms with Gasteiger partial charge in [-0.1, -0.05) is 92.2 Å². The first kappa shape index (κ1) is 109. The van der Waals surface area contributed by atoms with Crippen LogP contribution in [0.1, 0.15) is 211 Å². The normalized spacial score (nSPS) is 49.0. The van der Waals surface area contributed by atoms with E-state index in [9.17, 15) is 122 Å². The second kappa shape index (κ2) is 44.1. The highest BCUT2D eigenvalue weighted by Crippen LogP contribution is 2.76. The Balaban J connectivity index is 0.776. The van der Waals surface area contributed by atoms with Crippen molar-refractivity contribution < 1.29 is 212 Å². The summed E-state index contributed by atoms with van der Waals surface area (Å²) in [4.78, 5) is 56.9. The van der Waals surface area contributed by atoms with Gasteiger partial charge in [-0.05, 0) is 156 Å². The number of ether oxygens (including phenoxy) is 17. The van der Waals surface area contributed by atoms with Gasteiger partial charge in [0.25, 0.3) is 0 Å². The first-order valence-electron chi connectivity index (χ1n) is 48.2. The molecule has 0 spiro atoms. The number of esters is 2. The number of Topliss-reactive ketones (excluding diaryl/α,β-unsaturated/α-hetero) is 1. The van der Waals surface area contributed by atoms with E-state index >= 15 is 9.59 Å². The predicted molar refractivity (Wildman–Crippen MR) is 455 cm³/mol. The van der Waals surface area contributed by atoms with E-state index in [0.717, 1.165) is 5.57 Å². The number of unbranched alkanes of at least 4 members (excludes halogenated alkanes) is 6. The standard InChI is InChI=1S/C92H150O43/c1-38-54(99)59(104)65(110)78(122-38)119-31-19-15-14-17-21-42(94)20-16-12-13-18-22-43(126-80-66(111)60(105)55(100)39(2)123-80)32-53(98)129-71-40(3)125-85(76(69(71)114)134-84-75(70(115)72(41(4)124-84)130-79-64(109)56(101)46(95)36-120-79)133-83-74(57(102)47(96)37-121-83)132-81-67(112)61(106)58(103)48(35-93)127-81)135-86(118)92-30-29-87(5,6)33-45(92)44-23-24-50-89(9)27-26-52(128-82-68(113)62(107)63(108)73(131-82)77(116)117)88(7,8)49(89)25-28-90(50,10)91(44,11)34-51(92)97/h23,38-41,43,45-52,54-76,78-85,93,95-97,99-115H,12-22,24-37H2,1-11H3,(H,116,117)/t38-,39-,40+,41-,43+,45-,46+,47-,48+,49-,50+,51+,52-,54-,55-,56-,57-,58-,59+,60+,61-,62-,63+,64+,65+,66+,67+,68+,69-,70+,71-,72-,73-,74+,75+,76+,78+,79-,80-,81-,82+,83-,84-,85-,89-,90+,91+,92+/m0/s1. The maximum Gasteiger partial charge on any atom is 0.335 e. The van der Waals surface area contributed by atoms with Gasteiger partial charge in [-0.2, -0.15) is 0 Å². The van der Waals surface area contributed by atoms with Crippen molar-refractivity contribution in [1.29, 1.82) is 0 Å². The molecule has 8 aliphatic heterocycles. The summed E-state index contributed by atoms with van der Waals surface area (Å²) in [5.74, 6) is -4.45. The van der Waals surface area contributed by atoms with Gasteiger partial charge >= 0.3 is 17.9 Å². The van der Waals surface area contributed by atoms with Crippen LogP contribution < -0.4 is 0 Å². The van der Waals surface area contributed by atoms with Crippen LogP contribution in [0.4, 0.5) is 0 Å². The molecule has 0 unspecified atom stereocenters. The Morgan fingerprint density at radius 2 is 0.963 bits per heavy atom. The van der Waals surface area contributed by atoms with Gasteiger partial charge < -0.3 is 193 Å². The summed E-state index contributed by atoms with van der Waals surface area (Å²) < 4.78 is 104. The number of carboxylic acids is 1. The average molecular weight is 1940 g/mol. The van der Waals surface area contributed by atoms with Crippen LogP contribution in [0.3, 0.4) is 0 Å². The molecule has 48 atom stereocenters. The lowest BCUT2D eigenvalue weighted by Crippen LogP contribution is -2.69. The van der Waals surface area contributed by atoms with Gasteiger partial charge in [0.15, 0.2) is 62.3 Å². The van der Waals surface area contributed by atoms with E-state index in [1.54, 1.807) is 6.92 Å². The summed E-state index contributed by atoms with van der Waals surface area (Å²) >= 11 is 0. The van der Waals surface area contributed by atoms with Gasteiger partial charge in [0.2, 0.25) is 6.29 Å². The first-order valence-corrected chi connectivity index (χ1v) is 48.2. The molecule has 0 aromatic heterocycles. The van der Waals surface area contributed by atoms with E-state index < -0.39 is 334 Å². The second-order valence-corrected chi connectivity index (χ2v) is 42.4. The van der Waals surface area contributed by atoms with Crippen molar-refractivity contribution in [3.05, 3.63) is 11.6 Å². The molecule has 0 bridgehead atoms. The number of aliphatic carboxylic acids is 1. The minimum atomic E-state index is -2.22. The first-order chi connectivity index (χ1) is 63.5. The zero-order valence-electron chi connectivity index (χ0n) is 78.6. The van der Waals surface area contributed by atoms with Crippen LogP contribution >= 0.6 is 0 Å². The molecule has 43 nitrogen and oxygen atoms in total. The van der Waals surface area contributed by atoms with Crippen molar-refractivity contribution in [2.24, 2.45) is 50.2 Å². The lowest BCUT2D eigenvalue weighted by Gasteiger charge is -2.71. The number of aliphatic hydroxyl groups excluding tert-OH is 21. The molecule has 0 aromatic carbocycles. The fraction of sp³-hybridized carbons (Fsp3) is 0.935. The van der Waals surface area contributed by atoms with Crippen LogP contribution in [0.15, 0.2) is 11.6 Å². The Morgan fingerprint density at radius 3 is 1.61 bits per heavy atom. The highest BCUT2D eigenvalue weighted by Gasteiger charge is 2.73. The van der Waals surface area contributed by atoms with Crippen LogP contribution in [0.25, 0.3) is 0 Å². The van der Waals surface area contributed by atoms with Crippen molar-refractivity contribution in [2.45, 2.75) is 463 Å². The molecule has 0 aromatic rings. The number of ketones is 1. The molecular weight excluding hydrogens is 1790 g/mol. The third kappa shape index (κ3) is 22.0. The van der Waals surface area contributed by atoms with Crippen molar-refractivity contribution in [2.75, 3.05) is 26.4 Å². The van der Waals surface area contributed by atoms with Gasteiger partial charge in [-0.25, -0.2) is 4.79 Å². The molecule has 5 aliphatic carbocycles. The lowest BCUT2D eigenvalue weighted by atomic mass is 9.33. The molecule has 0 radical (unpaired) electrons. The van der Waals surface area contributed by atoms with Crippen LogP contribution in [-0.4, -0.2) is 414 Å². The van der Waals surface area contributed by atoms with E-state index in [1.807, 2.05) is 0 Å². The highest BCUT2D eigenvalue weighted by atomic mass is 16.8. The Morgan fingerprint density at radius 1 is 0.444 bits per heavy atom. The van der Waals surface area contributed by atoms with Crippen molar-refractivity contribution >= 4 is 23.7 Å². The quantitative estimate of drug-likeness (QED) is 0.0131. The number of carboxylic acid groups (broad SMARTS) is 1. The maximum atomic E-state index is 16.6. The minimum Gasteiger partial charge on any atom is -0.479 e. The predicted octanol–water partition coefficient (Wildman–Crippen LogP) is -3.13. The number of allylic oxidation sites excluding steroid dienone is 2. The topological polar surface area (TPSA) is 670 Å². The Kier molecular flexibility index (Phi) is 35.5. The molecule has 12 fully saturated rings. The van der Waals surface area contributed by atoms with E-state index in [-0.39, 0.29) is 49.9 Å². The van der Waals surface area contributed by atoms with Gasteiger partial charge in [0, 0.05) is 19.4 Å². The smallest absolute Gasteiger partial charge is 0.335 e. The fourth-order valence-corrected chi connectivity index (χ4v) is 24.3. The average Bonchev–Trinajstić information content (AvgIpc) is 0.668. The SMILES string of the molecule is C[C@@H]1O[C@@H](OCCCCCCC(=O)CCCCCC[C@H](CC(=O)O[C@@H]2[C@H](O)[C@@H](O[C@@H]3O[C@@H](C)[C@H](O[C@@H]4OC[C@@H](O)[C@H](O)[C@H]4O)[C@@H](O)[C@H]3O[C@@H]3OC[C@H](O)[C@H](O)[C@H]3O[C@@H]3O[C@H](CO)[C@H](O)[C@H](O)[C@H]3O)[C@H](OC(=O)[C@]34CCC(C)(C)C[C@H]3C3=CC[C@@H]5[C@@]6(C)CC[C@H](O[C@@H]7O[C@H](C(=O)O)[C@H](O)[C@H](O)[C@H]7O)C(C)(C)[C@@H]6CC[C@@]5(C)[C@]3(C)C[C@H]4O)O[C@@H]2C)O[C@@H]2O[C@@H](C)[C@H](O)[C@@H](O)[C@H]2O)[C@H](O)[C@H](O)[C@H]1O. The summed E-state index contributed by atoms with van der Waals surface area (Å²) in [6.45, 7) is 18.6. The fourth-order valence-electron chi connectivity index (χ4n) is 24.3. The lowest BCUT2D eigenvalue weighted by molar-refractivity contribution is -0.404. The molecule has 13 aliphatic rings. The number of hydrogen-bond acceptors (Lipinski definition) is 42. The maximum absolute atomic E-state index is 16.6. The van der Waals surface area contributed by atoms with Gasteiger partial charge in [-0.3, -0.25) is 14.4 Å². The Hall–Kier alpha value is -3.62. The highest BCUT2D eigenvalue weighted by molar-refractivity contribution is 5.80. The number of aliphatic hydroxyl groups is 21. The summed E-state index contributed by atoms with van der Waals surface area (Å²) in [5, 5.41) is 244. The number of fused-ring (bicyclic) bond motifs is 7. The van der Waals surface area contributed by atoms with Crippen LogP contribution in [0.5, 0.6) is 0 Å². The van der Waals surface area contributed by atoms with Crippen LogP contribution in [-0.2, 0) is 99.7 Å². The molecule has 0 amide bonds. The molecule has 8 saturated heterocycles. The molecular formula is C92H150O43. The largest absolute Gasteiger partial charge is 0.479 e. The zero-order chi connectivity index (χ0) is 98.7. The monoisotopic (exact) mass is 1940 g/mol. The number of carbonyl (C=O) groups excluding carboxylic acids is 3. The third-order valence-corrected chi connectivity index (χ3v) is 32.7. The molecule has 22 N–H and O–H groups in total. The van der Waals surface area contributed by atoms with E-state index in [0.29, 0.717) is 103 Å². The molecule has 4 saturated carbocycles. The second-order valence-electron chi connectivity index (χ2n) is 42.4. The summed E-state index contributed by atoms with van der Waals surface area (Å²) in [7, 11) is 0. The third-order valence-electron chi connectivity index (χ3n) is 32.7. The molecule has 776 valence electrons. The molecule has 13 rings (SSSR count). The van der Waals surface area contributed by atoms with Crippen LogP contribution in [0, 0.1) is 50.2 Å². The molecule has 43 heteroatoms. The molecule has 135 heavy (non-hydrogen) atoms. The van der Waals surface area contributed by atoms with E-state index in [1.165, 1.54) is 20.8 Å². The number of rotatable bonds is 34. The van der Waals surface area contributed by atoms with E-state index in [2.05, 4.69) is 54.5 Å². The summed E-state index contributed by atoms with van der Waals surface area (Å²) in [6, 6.07) is 0. The Labute approximate surface area is 783 Å². The van der Waals surface area contributed by atoms with Gasteiger partial charge in [0.1, 0.15) is 152 Å².